The zero-order valence-electron chi connectivity index (χ0n) is 18.6. The van der Waals surface area contributed by atoms with Crippen LogP contribution in [0.3, 0.4) is 0 Å². The Balaban J connectivity index is 1.42. The topological polar surface area (TPSA) is 25.2 Å². The van der Waals surface area contributed by atoms with Crippen molar-refractivity contribution in [1.82, 2.24) is 0 Å². The molecular formula is C31H23NO. The van der Waals surface area contributed by atoms with E-state index in [0.29, 0.717) is 0 Å². The van der Waals surface area contributed by atoms with Crippen molar-refractivity contribution in [1.29, 1.82) is 0 Å². The molecule has 158 valence electrons. The molecule has 1 aliphatic carbocycles. The summed E-state index contributed by atoms with van der Waals surface area (Å²) in [6, 6.07) is 34.5. The van der Waals surface area contributed by atoms with Crippen LogP contribution in [0.15, 0.2) is 101 Å². The van der Waals surface area contributed by atoms with Crippen molar-refractivity contribution in [3.63, 3.8) is 0 Å². The van der Waals surface area contributed by atoms with Gasteiger partial charge in [-0.3, -0.25) is 0 Å². The molecule has 0 unspecified atom stereocenters. The van der Waals surface area contributed by atoms with Crippen molar-refractivity contribution in [2.75, 3.05) is 5.32 Å². The molecular weight excluding hydrogens is 402 g/mol. The van der Waals surface area contributed by atoms with Crippen LogP contribution in [0.1, 0.15) is 25.0 Å². The normalized spacial score (nSPS) is 14.0. The van der Waals surface area contributed by atoms with Gasteiger partial charge in [0.15, 0.2) is 0 Å². The van der Waals surface area contributed by atoms with Gasteiger partial charge < -0.3 is 9.73 Å². The van der Waals surface area contributed by atoms with Crippen molar-refractivity contribution in [2.45, 2.75) is 19.3 Å². The fourth-order valence-electron chi connectivity index (χ4n) is 5.64. The van der Waals surface area contributed by atoms with Crippen molar-refractivity contribution in [3.05, 3.63) is 108 Å². The molecule has 5 aromatic carbocycles. The van der Waals surface area contributed by atoms with Gasteiger partial charge in [-0.1, -0.05) is 80.6 Å². The van der Waals surface area contributed by atoms with Crippen LogP contribution in [-0.2, 0) is 5.41 Å². The summed E-state index contributed by atoms with van der Waals surface area (Å²) in [6.45, 7) is 4.63. The van der Waals surface area contributed by atoms with E-state index >= 15 is 0 Å². The SMILES string of the molecule is CC1(C)c2ccccc2-c2cc(Nc3cccc4oc5ccc6ccccc6c5c34)ccc21. The van der Waals surface area contributed by atoms with E-state index < -0.39 is 0 Å². The third-order valence-corrected chi connectivity index (χ3v) is 7.25. The van der Waals surface area contributed by atoms with Crippen LogP contribution in [0.2, 0.25) is 0 Å². The molecule has 1 aromatic heterocycles. The highest BCUT2D eigenvalue weighted by molar-refractivity contribution is 6.22. The van der Waals surface area contributed by atoms with Gasteiger partial charge in [-0.25, -0.2) is 0 Å². The Morgan fingerprint density at radius 2 is 1.42 bits per heavy atom. The van der Waals surface area contributed by atoms with E-state index in [-0.39, 0.29) is 5.41 Å². The predicted octanol–water partition coefficient (Wildman–Crippen LogP) is 8.79. The molecule has 33 heavy (non-hydrogen) atoms. The zero-order chi connectivity index (χ0) is 22.2. The van der Waals surface area contributed by atoms with E-state index in [1.165, 1.54) is 38.4 Å². The highest BCUT2D eigenvalue weighted by Gasteiger charge is 2.35. The number of anilines is 2. The molecule has 0 saturated heterocycles. The highest BCUT2D eigenvalue weighted by Crippen LogP contribution is 2.49. The number of hydrogen-bond donors (Lipinski definition) is 1. The smallest absolute Gasteiger partial charge is 0.137 e. The molecule has 1 N–H and O–H groups in total. The molecule has 0 atom stereocenters. The van der Waals surface area contributed by atoms with E-state index in [4.69, 9.17) is 4.42 Å². The fraction of sp³-hybridized carbons (Fsp3) is 0.0968. The van der Waals surface area contributed by atoms with Crippen molar-refractivity contribution >= 4 is 44.1 Å². The van der Waals surface area contributed by atoms with Gasteiger partial charge >= 0.3 is 0 Å². The molecule has 0 bridgehead atoms. The molecule has 0 amide bonds. The maximum atomic E-state index is 6.25. The second kappa shape index (κ2) is 6.49. The Labute approximate surface area is 192 Å². The van der Waals surface area contributed by atoms with Crippen LogP contribution in [-0.4, -0.2) is 0 Å². The first-order valence-electron chi connectivity index (χ1n) is 11.5. The second-order valence-corrected chi connectivity index (χ2v) is 9.50. The Hall–Kier alpha value is -4.04. The molecule has 1 aliphatic rings. The number of furan rings is 1. The molecule has 0 aliphatic heterocycles. The molecule has 0 fully saturated rings. The predicted molar refractivity (Wildman–Crippen MR) is 139 cm³/mol. The number of nitrogens with one attached hydrogen (secondary N) is 1. The Morgan fingerprint density at radius 3 is 2.36 bits per heavy atom. The molecule has 7 rings (SSSR count). The zero-order valence-corrected chi connectivity index (χ0v) is 18.6. The Kier molecular flexibility index (Phi) is 3.64. The van der Waals surface area contributed by atoms with E-state index in [9.17, 15) is 0 Å². The number of benzene rings is 5. The van der Waals surface area contributed by atoms with Gasteiger partial charge in [-0.05, 0) is 63.4 Å². The average Bonchev–Trinajstić information content (AvgIpc) is 3.33. The number of hydrogen-bond acceptors (Lipinski definition) is 2. The molecule has 1 heterocycles. The quantitative estimate of drug-likeness (QED) is 0.300. The lowest BCUT2D eigenvalue weighted by molar-refractivity contribution is 0.660. The first-order valence-corrected chi connectivity index (χ1v) is 11.5. The lowest BCUT2D eigenvalue weighted by atomic mass is 9.82. The maximum Gasteiger partial charge on any atom is 0.137 e. The van der Waals surface area contributed by atoms with Crippen LogP contribution >= 0.6 is 0 Å². The first kappa shape index (κ1) is 18.5. The van der Waals surface area contributed by atoms with Gasteiger partial charge in [0.1, 0.15) is 11.2 Å². The van der Waals surface area contributed by atoms with E-state index in [1.807, 2.05) is 0 Å². The van der Waals surface area contributed by atoms with Gasteiger partial charge in [0.25, 0.3) is 0 Å². The monoisotopic (exact) mass is 425 g/mol. The average molecular weight is 426 g/mol. The maximum absolute atomic E-state index is 6.25. The summed E-state index contributed by atoms with van der Waals surface area (Å²) < 4.78 is 6.25. The van der Waals surface area contributed by atoms with Gasteiger partial charge in [0.05, 0.1) is 11.1 Å². The molecule has 0 spiro atoms. The van der Waals surface area contributed by atoms with Gasteiger partial charge in [0, 0.05) is 16.5 Å². The van der Waals surface area contributed by atoms with Crippen LogP contribution in [0.25, 0.3) is 43.8 Å². The second-order valence-electron chi connectivity index (χ2n) is 9.50. The highest BCUT2D eigenvalue weighted by atomic mass is 16.3. The molecule has 0 radical (unpaired) electrons. The Morgan fingerprint density at radius 1 is 0.636 bits per heavy atom. The van der Waals surface area contributed by atoms with Crippen molar-refractivity contribution in [3.8, 4) is 11.1 Å². The van der Waals surface area contributed by atoms with Gasteiger partial charge in [-0.2, -0.15) is 0 Å². The molecule has 0 saturated carbocycles. The molecule has 2 heteroatoms. The van der Waals surface area contributed by atoms with Crippen LogP contribution < -0.4 is 5.32 Å². The molecule has 2 nitrogen and oxygen atoms in total. The van der Waals surface area contributed by atoms with Crippen LogP contribution in [0.4, 0.5) is 11.4 Å². The third-order valence-electron chi connectivity index (χ3n) is 7.25. The molecule has 6 aromatic rings. The summed E-state index contributed by atoms with van der Waals surface area (Å²) in [5.74, 6) is 0. The standard InChI is InChI=1S/C31H23NO/c1-31(2)24-11-6-5-10-22(24)23-18-20(15-16-25(23)31)32-26-12-7-13-27-30(26)29-21-9-4-3-8-19(21)14-17-28(29)33-27/h3-18,32H,1-2H3. The van der Waals surface area contributed by atoms with Crippen LogP contribution in [0.5, 0.6) is 0 Å². The lowest BCUT2D eigenvalue weighted by Crippen LogP contribution is -2.14. The van der Waals surface area contributed by atoms with E-state index in [0.717, 1.165) is 27.9 Å². The first-order chi connectivity index (χ1) is 16.1. The largest absolute Gasteiger partial charge is 0.456 e. The van der Waals surface area contributed by atoms with Gasteiger partial charge in [-0.15, -0.1) is 0 Å². The summed E-state index contributed by atoms with van der Waals surface area (Å²) in [7, 11) is 0. The Bertz CT molecular complexity index is 1720. The minimum absolute atomic E-state index is 0.0180. The summed E-state index contributed by atoms with van der Waals surface area (Å²) in [5.41, 5.74) is 9.41. The summed E-state index contributed by atoms with van der Waals surface area (Å²) in [5, 5.41) is 8.45. The van der Waals surface area contributed by atoms with Crippen molar-refractivity contribution < 1.29 is 4.42 Å². The minimum atomic E-state index is 0.0180. The summed E-state index contributed by atoms with van der Waals surface area (Å²) in [4.78, 5) is 0. The lowest BCUT2D eigenvalue weighted by Gasteiger charge is -2.21. The van der Waals surface area contributed by atoms with Gasteiger partial charge in [0.2, 0.25) is 0 Å². The third kappa shape index (κ3) is 2.55. The fourth-order valence-corrected chi connectivity index (χ4v) is 5.64. The van der Waals surface area contributed by atoms with Crippen LogP contribution in [0, 0.1) is 0 Å². The van der Waals surface area contributed by atoms with E-state index in [2.05, 4.69) is 116 Å². The number of fused-ring (bicyclic) bond motifs is 8. The number of rotatable bonds is 2. The summed E-state index contributed by atoms with van der Waals surface area (Å²) in [6.07, 6.45) is 0. The van der Waals surface area contributed by atoms with Crippen molar-refractivity contribution in [2.24, 2.45) is 0 Å². The minimum Gasteiger partial charge on any atom is -0.456 e. The van der Waals surface area contributed by atoms with E-state index in [1.54, 1.807) is 0 Å². The summed E-state index contributed by atoms with van der Waals surface area (Å²) >= 11 is 0.